The van der Waals surface area contributed by atoms with Crippen molar-refractivity contribution in [3.63, 3.8) is 0 Å². The standard InChI is InChI=1S/C22H21ClF2N4O2/c1-13-11-14(2)29(27-13)20-6-4-17(23)21(26-20)22(30)28-9-7-16(8-10-28)31-19-5-3-15(24)12-18(19)25/h3-6,11-12,16H,7-10H2,1-2H3. The predicted octanol–water partition coefficient (Wildman–Crippen LogP) is 4.50. The van der Waals surface area contributed by atoms with Crippen LogP contribution in [0.5, 0.6) is 5.75 Å². The molecule has 0 spiro atoms. The van der Waals surface area contributed by atoms with Crippen LogP contribution in [0, 0.1) is 25.5 Å². The lowest BCUT2D eigenvalue weighted by Crippen LogP contribution is -2.42. The molecular formula is C22H21ClF2N4O2. The molecule has 0 unspecified atom stereocenters. The Bertz CT molecular complexity index is 1130. The van der Waals surface area contributed by atoms with Crippen LogP contribution in [0.2, 0.25) is 5.02 Å². The number of hydrogen-bond donors (Lipinski definition) is 0. The van der Waals surface area contributed by atoms with Gasteiger partial charge < -0.3 is 9.64 Å². The van der Waals surface area contributed by atoms with E-state index in [1.165, 1.54) is 6.07 Å². The SMILES string of the molecule is Cc1cc(C)n(-c2ccc(Cl)c(C(=O)N3CCC(Oc4ccc(F)cc4F)CC3)n2)n1. The second kappa shape index (κ2) is 8.63. The van der Waals surface area contributed by atoms with Gasteiger partial charge >= 0.3 is 0 Å². The summed E-state index contributed by atoms with van der Waals surface area (Å²) >= 11 is 6.27. The zero-order chi connectivity index (χ0) is 22.1. The van der Waals surface area contributed by atoms with Gasteiger partial charge in [0.25, 0.3) is 5.91 Å². The Morgan fingerprint density at radius 2 is 1.87 bits per heavy atom. The summed E-state index contributed by atoms with van der Waals surface area (Å²) in [5, 5.41) is 4.67. The fourth-order valence-electron chi connectivity index (χ4n) is 3.64. The molecule has 6 nitrogen and oxygen atoms in total. The molecule has 0 aliphatic carbocycles. The molecule has 0 bridgehead atoms. The average Bonchev–Trinajstić information content (AvgIpc) is 3.08. The van der Waals surface area contributed by atoms with Crippen molar-refractivity contribution in [3.8, 4) is 11.6 Å². The van der Waals surface area contributed by atoms with Gasteiger partial charge in [0.1, 0.15) is 17.6 Å². The summed E-state index contributed by atoms with van der Waals surface area (Å²) in [7, 11) is 0. The zero-order valence-electron chi connectivity index (χ0n) is 17.1. The van der Waals surface area contributed by atoms with Crippen LogP contribution in [-0.4, -0.2) is 44.8 Å². The van der Waals surface area contributed by atoms with Crippen LogP contribution >= 0.6 is 11.6 Å². The Morgan fingerprint density at radius 1 is 1.13 bits per heavy atom. The van der Waals surface area contributed by atoms with Gasteiger partial charge in [0, 0.05) is 37.7 Å². The number of rotatable bonds is 4. The highest BCUT2D eigenvalue weighted by atomic mass is 35.5. The molecule has 31 heavy (non-hydrogen) atoms. The Balaban J connectivity index is 1.45. The van der Waals surface area contributed by atoms with E-state index in [0.717, 1.165) is 23.5 Å². The summed E-state index contributed by atoms with van der Waals surface area (Å²) < 4.78 is 34.2. The topological polar surface area (TPSA) is 60.2 Å². The van der Waals surface area contributed by atoms with E-state index in [0.29, 0.717) is 31.7 Å². The average molecular weight is 447 g/mol. The highest BCUT2D eigenvalue weighted by Gasteiger charge is 2.27. The van der Waals surface area contributed by atoms with Crippen molar-refractivity contribution in [2.24, 2.45) is 0 Å². The number of pyridine rings is 1. The van der Waals surface area contributed by atoms with Crippen molar-refractivity contribution in [2.45, 2.75) is 32.8 Å². The number of piperidine rings is 1. The van der Waals surface area contributed by atoms with Crippen LogP contribution in [0.4, 0.5) is 8.78 Å². The minimum Gasteiger partial charge on any atom is -0.487 e. The molecule has 0 saturated carbocycles. The third-order valence-corrected chi connectivity index (χ3v) is 5.48. The van der Waals surface area contributed by atoms with E-state index in [1.54, 1.807) is 21.7 Å². The molecule has 1 aliphatic heterocycles. The van der Waals surface area contributed by atoms with Gasteiger partial charge in [-0.1, -0.05) is 11.6 Å². The quantitative estimate of drug-likeness (QED) is 0.592. The number of nitrogens with zero attached hydrogens (tertiary/aromatic N) is 4. The number of carbonyl (C=O) groups excluding carboxylic acids is 1. The molecule has 162 valence electrons. The molecule has 1 fully saturated rings. The van der Waals surface area contributed by atoms with Gasteiger partial charge in [0.15, 0.2) is 17.4 Å². The van der Waals surface area contributed by atoms with Crippen LogP contribution in [0.25, 0.3) is 5.82 Å². The summed E-state index contributed by atoms with van der Waals surface area (Å²) in [4.78, 5) is 19.2. The molecule has 1 aromatic carbocycles. The highest BCUT2D eigenvalue weighted by molar-refractivity contribution is 6.33. The molecule has 0 radical (unpaired) electrons. The van der Waals surface area contributed by atoms with E-state index in [-0.39, 0.29) is 28.5 Å². The summed E-state index contributed by atoms with van der Waals surface area (Å²) in [6, 6.07) is 8.50. The molecule has 9 heteroatoms. The molecule has 4 rings (SSSR count). The Labute approximate surface area is 183 Å². The van der Waals surface area contributed by atoms with Gasteiger partial charge in [-0.15, -0.1) is 0 Å². The summed E-state index contributed by atoms with van der Waals surface area (Å²) in [5.74, 6) is -1.15. The van der Waals surface area contributed by atoms with Crippen molar-refractivity contribution in [2.75, 3.05) is 13.1 Å². The van der Waals surface area contributed by atoms with E-state index >= 15 is 0 Å². The Kier molecular flexibility index (Phi) is 5.91. The van der Waals surface area contributed by atoms with Gasteiger partial charge in [-0.05, 0) is 44.2 Å². The van der Waals surface area contributed by atoms with E-state index in [2.05, 4.69) is 10.1 Å². The van der Waals surface area contributed by atoms with Gasteiger partial charge in [-0.3, -0.25) is 4.79 Å². The minimum atomic E-state index is -0.740. The molecule has 0 atom stereocenters. The number of benzene rings is 1. The highest BCUT2D eigenvalue weighted by Crippen LogP contribution is 2.25. The normalized spacial score (nSPS) is 14.7. The van der Waals surface area contributed by atoms with E-state index in [1.807, 2.05) is 19.9 Å². The van der Waals surface area contributed by atoms with Crippen LogP contribution in [0.1, 0.15) is 34.7 Å². The molecule has 3 aromatic rings. The smallest absolute Gasteiger partial charge is 0.274 e. The first kappa shape index (κ1) is 21.2. The van der Waals surface area contributed by atoms with Crippen LogP contribution in [0.15, 0.2) is 36.4 Å². The largest absolute Gasteiger partial charge is 0.487 e. The third-order valence-electron chi connectivity index (χ3n) is 5.18. The van der Waals surface area contributed by atoms with Gasteiger partial charge in [-0.2, -0.15) is 5.10 Å². The van der Waals surface area contributed by atoms with Crippen molar-refractivity contribution in [1.29, 1.82) is 0 Å². The number of hydrogen-bond acceptors (Lipinski definition) is 4. The number of aromatic nitrogens is 3. The van der Waals surface area contributed by atoms with E-state index < -0.39 is 11.6 Å². The lowest BCUT2D eigenvalue weighted by atomic mass is 10.1. The van der Waals surface area contributed by atoms with E-state index in [4.69, 9.17) is 16.3 Å². The maximum atomic E-state index is 13.8. The van der Waals surface area contributed by atoms with Gasteiger partial charge in [-0.25, -0.2) is 18.4 Å². The number of likely N-dealkylation sites (tertiary alicyclic amines) is 1. The first-order valence-corrected chi connectivity index (χ1v) is 10.3. The molecule has 3 heterocycles. The minimum absolute atomic E-state index is 0.00785. The predicted molar refractivity (Wildman–Crippen MR) is 112 cm³/mol. The first-order chi connectivity index (χ1) is 14.8. The number of halogens is 3. The third kappa shape index (κ3) is 4.54. The van der Waals surface area contributed by atoms with Crippen LogP contribution < -0.4 is 4.74 Å². The summed E-state index contributed by atoms with van der Waals surface area (Å²) in [6.07, 6.45) is 0.753. The molecule has 0 N–H and O–H groups in total. The molecular weight excluding hydrogens is 426 g/mol. The Hall–Kier alpha value is -3.00. The lowest BCUT2D eigenvalue weighted by molar-refractivity contribution is 0.0583. The zero-order valence-corrected chi connectivity index (χ0v) is 17.9. The lowest BCUT2D eigenvalue weighted by Gasteiger charge is -2.32. The number of aryl methyl sites for hydroxylation is 2. The van der Waals surface area contributed by atoms with Crippen LogP contribution in [0.3, 0.4) is 0 Å². The van der Waals surface area contributed by atoms with E-state index in [9.17, 15) is 13.6 Å². The second-order valence-electron chi connectivity index (χ2n) is 7.52. The second-order valence-corrected chi connectivity index (χ2v) is 7.93. The fourth-order valence-corrected chi connectivity index (χ4v) is 3.82. The van der Waals surface area contributed by atoms with Crippen molar-refractivity contribution < 1.29 is 18.3 Å². The monoisotopic (exact) mass is 446 g/mol. The maximum absolute atomic E-state index is 13.8. The van der Waals surface area contributed by atoms with Gasteiger partial charge in [0.05, 0.1) is 10.7 Å². The number of carbonyl (C=O) groups is 1. The fraction of sp³-hybridized carbons (Fsp3) is 0.318. The van der Waals surface area contributed by atoms with Crippen molar-refractivity contribution >= 4 is 17.5 Å². The molecule has 1 amide bonds. The molecule has 1 aliphatic rings. The van der Waals surface area contributed by atoms with Crippen LogP contribution in [-0.2, 0) is 0 Å². The van der Waals surface area contributed by atoms with Crippen molar-refractivity contribution in [3.05, 3.63) is 70.1 Å². The number of ether oxygens (including phenoxy) is 1. The summed E-state index contributed by atoms with van der Waals surface area (Å²) in [6.45, 7) is 4.62. The van der Waals surface area contributed by atoms with Gasteiger partial charge in [0.2, 0.25) is 0 Å². The number of amides is 1. The molecule has 2 aromatic heterocycles. The first-order valence-electron chi connectivity index (χ1n) is 9.93. The Morgan fingerprint density at radius 3 is 2.52 bits per heavy atom. The maximum Gasteiger partial charge on any atom is 0.274 e. The summed E-state index contributed by atoms with van der Waals surface area (Å²) in [5.41, 5.74) is 1.91. The van der Waals surface area contributed by atoms with Crippen molar-refractivity contribution in [1.82, 2.24) is 19.7 Å². The molecule has 1 saturated heterocycles.